The fraction of sp³-hybridized carbons (Fsp3) is 0.375. The summed E-state index contributed by atoms with van der Waals surface area (Å²) in [7, 11) is 1.66. The van der Waals surface area contributed by atoms with Crippen LogP contribution in [-0.4, -0.2) is 13.7 Å². The third-order valence-corrected chi connectivity index (χ3v) is 4.33. The molecule has 108 valence electrons. The first-order valence-electron chi connectivity index (χ1n) is 6.84. The van der Waals surface area contributed by atoms with Gasteiger partial charge in [0.25, 0.3) is 0 Å². The lowest BCUT2D eigenvalue weighted by molar-refractivity contribution is 0.304. The van der Waals surface area contributed by atoms with Crippen molar-refractivity contribution in [1.29, 1.82) is 0 Å². The molecule has 0 amide bonds. The fourth-order valence-corrected chi connectivity index (χ4v) is 2.87. The first-order valence-corrected chi connectivity index (χ1v) is 7.65. The highest BCUT2D eigenvalue weighted by atomic mass is 32.1. The molecule has 1 aromatic heterocycles. The Morgan fingerprint density at radius 2 is 1.95 bits per heavy atom. The number of rotatable bonds is 7. The van der Waals surface area contributed by atoms with E-state index in [0.717, 1.165) is 29.9 Å². The molecule has 0 fully saturated rings. The Balaban J connectivity index is 2.09. The molecule has 1 aromatic carbocycles. The summed E-state index contributed by atoms with van der Waals surface area (Å²) in [5.74, 6) is 1.67. The van der Waals surface area contributed by atoms with Crippen LogP contribution in [0.25, 0.3) is 0 Å². The average Bonchev–Trinajstić information content (AvgIpc) is 2.94. The standard InChI is InChI=1S/C16H21NO2S/c1-3-14-6-7-15(20-14)11-19-16-10-13(18-2)5-4-12(16)8-9-17/h4-7,10H,3,8-9,11,17H2,1-2H3. The van der Waals surface area contributed by atoms with Crippen molar-refractivity contribution in [3.05, 3.63) is 45.6 Å². The molecule has 0 saturated carbocycles. The van der Waals surface area contributed by atoms with Crippen LogP contribution >= 0.6 is 11.3 Å². The van der Waals surface area contributed by atoms with Crippen molar-refractivity contribution in [1.82, 2.24) is 0 Å². The number of benzene rings is 1. The molecule has 0 saturated heterocycles. The summed E-state index contributed by atoms with van der Waals surface area (Å²) in [5, 5.41) is 0. The lowest BCUT2D eigenvalue weighted by Gasteiger charge is -2.12. The minimum atomic E-state index is 0.593. The van der Waals surface area contributed by atoms with Crippen molar-refractivity contribution < 1.29 is 9.47 Å². The maximum atomic E-state index is 5.95. The molecule has 0 aliphatic rings. The lowest BCUT2D eigenvalue weighted by Crippen LogP contribution is -2.05. The molecular weight excluding hydrogens is 270 g/mol. The Bertz CT molecular complexity index is 551. The van der Waals surface area contributed by atoms with E-state index in [1.165, 1.54) is 9.75 Å². The number of aryl methyl sites for hydroxylation is 1. The molecule has 2 aromatic rings. The first-order chi connectivity index (χ1) is 9.76. The van der Waals surface area contributed by atoms with Crippen LogP contribution in [0.2, 0.25) is 0 Å². The van der Waals surface area contributed by atoms with Gasteiger partial charge in [-0.2, -0.15) is 0 Å². The summed E-state index contributed by atoms with van der Waals surface area (Å²) in [4.78, 5) is 2.62. The van der Waals surface area contributed by atoms with E-state index in [9.17, 15) is 0 Å². The normalized spacial score (nSPS) is 10.6. The summed E-state index contributed by atoms with van der Waals surface area (Å²) in [6, 6.07) is 10.2. The number of nitrogens with two attached hydrogens (primary N) is 1. The van der Waals surface area contributed by atoms with Crippen LogP contribution in [0, 0.1) is 0 Å². The van der Waals surface area contributed by atoms with Gasteiger partial charge in [-0.3, -0.25) is 0 Å². The zero-order chi connectivity index (χ0) is 14.4. The van der Waals surface area contributed by atoms with Gasteiger partial charge in [0.1, 0.15) is 18.1 Å². The van der Waals surface area contributed by atoms with Crippen molar-refractivity contribution in [2.75, 3.05) is 13.7 Å². The van der Waals surface area contributed by atoms with Gasteiger partial charge in [0.05, 0.1) is 7.11 Å². The van der Waals surface area contributed by atoms with Crippen LogP contribution < -0.4 is 15.2 Å². The number of methoxy groups -OCH3 is 1. The molecular formula is C16H21NO2S. The highest BCUT2D eigenvalue weighted by molar-refractivity contribution is 7.11. The monoisotopic (exact) mass is 291 g/mol. The lowest BCUT2D eigenvalue weighted by atomic mass is 10.1. The average molecular weight is 291 g/mol. The molecule has 1 heterocycles. The van der Waals surface area contributed by atoms with Crippen LogP contribution in [0.5, 0.6) is 11.5 Å². The largest absolute Gasteiger partial charge is 0.497 e. The maximum absolute atomic E-state index is 5.95. The van der Waals surface area contributed by atoms with Gasteiger partial charge >= 0.3 is 0 Å². The van der Waals surface area contributed by atoms with Gasteiger partial charge in [-0.25, -0.2) is 0 Å². The molecule has 0 aliphatic heterocycles. The van der Waals surface area contributed by atoms with Gasteiger partial charge in [0.2, 0.25) is 0 Å². The minimum absolute atomic E-state index is 0.593. The minimum Gasteiger partial charge on any atom is -0.497 e. The van der Waals surface area contributed by atoms with E-state index in [0.29, 0.717) is 13.2 Å². The summed E-state index contributed by atoms with van der Waals surface area (Å²) in [6.07, 6.45) is 1.88. The van der Waals surface area contributed by atoms with E-state index in [1.807, 2.05) is 18.2 Å². The fourth-order valence-electron chi connectivity index (χ4n) is 2.00. The molecule has 0 radical (unpaired) electrons. The van der Waals surface area contributed by atoms with E-state index in [1.54, 1.807) is 18.4 Å². The maximum Gasteiger partial charge on any atom is 0.126 e. The van der Waals surface area contributed by atoms with E-state index in [2.05, 4.69) is 19.1 Å². The van der Waals surface area contributed by atoms with Gasteiger partial charge in [-0.15, -0.1) is 11.3 Å². The molecule has 3 nitrogen and oxygen atoms in total. The Labute approximate surface area is 124 Å². The van der Waals surface area contributed by atoms with Crippen LogP contribution in [-0.2, 0) is 19.4 Å². The van der Waals surface area contributed by atoms with E-state index in [4.69, 9.17) is 15.2 Å². The number of hydrogen-bond acceptors (Lipinski definition) is 4. The van der Waals surface area contributed by atoms with Gasteiger partial charge in [-0.1, -0.05) is 13.0 Å². The number of hydrogen-bond donors (Lipinski definition) is 1. The van der Waals surface area contributed by atoms with Gasteiger partial charge in [-0.05, 0) is 43.1 Å². The smallest absolute Gasteiger partial charge is 0.126 e. The van der Waals surface area contributed by atoms with E-state index < -0.39 is 0 Å². The van der Waals surface area contributed by atoms with Crippen LogP contribution in [0.4, 0.5) is 0 Å². The summed E-state index contributed by atoms with van der Waals surface area (Å²) < 4.78 is 11.2. The molecule has 4 heteroatoms. The zero-order valence-corrected chi connectivity index (χ0v) is 12.8. The van der Waals surface area contributed by atoms with Gasteiger partial charge < -0.3 is 15.2 Å². The Hall–Kier alpha value is -1.52. The van der Waals surface area contributed by atoms with Crippen LogP contribution in [0.1, 0.15) is 22.2 Å². The summed E-state index contributed by atoms with van der Waals surface area (Å²) in [5.41, 5.74) is 6.77. The second-order valence-electron chi connectivity index (χ2n) is 4.52. The molecule has 0 unspecified atom stereocenters. The predicted molar refractivity (Wildman–Crippen MR) is 83.8 cm³/mol. The third kappa shape index (κ3) is 3.74. The van der Waals surface area contributed by atoms with Crippen molar-refractivity contribution in [3.8, 4) is 11.5 Å². The second kappa shape index (κ2) is 7.31. The first kappa shape index (κ1) is 14.9. The predicted octanol–water partition coefficient (Wildman–Crippen LogP) is 3.40. The van der Waals surface area contributed by atoms with Gasteiger partial charge in [0, 0.05) is 15.8 Å². The quantitative estimate of drug-likeness (QED) is 0.850. The van der Waals surface area contributed by atoms with Crippen molar-refractivity contribution in [2.45, 2.75) is 26.4 Å². The molecule has 0 spiro atoms. The number of ether oxygens (including phenoxy) is 2. The molecule has 0 atom stereocenters. The Morgan fingerprint density at radius 1 is 1.15 bits per heavy atom. The van der Waals surface area contributed by atoms with Crippen molar-refractivity contribution >= 4 is 11.3 Å². The topological polar surface area (TPSA) is 44.5 Å². The second-order valence-corrected chi connectivity index (χ2v) is 5.78. The summed E-state index contributed by atoms with van der Waals surface area (Å²) in [6.45, 7) is 3.37. The van der Waals surface area contributed by atoms with E-state index >= 15 is 0 Å². The third-order valence-electron chi connectivity index (χ3n) is 3.12. The molecule has 2 N–H and O–H groups in total. The van der Waals surface area contributed by atoms with Crippen molar-refractivity contribution in [2.24, 2.45) is 5.73 Å². The van der Waals surface area contributed by atoms with Gasteiger partial charge in [0.15, 0.2) is 0 Å². The van der Waals surface area contributed by atoms with E-state index in [-0.39, 0.29) is 0 Å². The molecule has 2 rings (SSSR count). The molecule has 0 bridgehead atoms. The highest BCUT2D eigenvalue weighted by Crippen LogP contribution is 2.27. The van der Waals surface area contributed by atoms with Crippen LogP contribution in [0.3, 0.4) is 0 Å². The summed E-state index contributed by atoms with van der Waals surface area (Å²) >= 11 is 1.80. The molecule has 20 heavy (non-hydrogen) atoms. The number of thiophene rings is 1. The van der Waals surface area contributed by atoms with Crippen LogP contribution in [0.15, 0.2) is 30.3 Å². The zero-order valence-electron chi connectivity index (χ0n) is 12.0. The Kier molecular flexibility index (Phi) is 5.44. The SMILES string of the molecule is CCc1ccc(COc2cc(OC)ccc2CCN)s1. The highest BCUT2D eigenvalue weighted by Gasteiger charge is 2.07. The molecule has 0 aliphatic carbocycles. The Morgan fingerprint density at radius 3 is 2.60 bits per heavy atom. The van der Waals surface area contributed by atoms with Crippen molar-refractivity contribution in [3.63, 3.8) is 0 Å².